The van der Waals surface area contributed by atoms with Crippen molar-refractivity contribution in [3.8, 4) is 11.1 Å². The van der Waals surface area contributed by atoms with Gasteiger partial charge in [0.15, 0.2) is 0 Å². The fourth-order valence-electron chi connectivity index (χ4n) is 3.73. The summed E-state index contributed by atoms with van der Waals surface area (Å²) in [5.41, 5.74) is 8.49. The van der Waals surface area contributed by atoms with E-state index in [1.165, 1.54) is 16.4 Å². The number of nitrogens with two attached hydrogens (primary N) is 1. The average Bonchev–Trinajstić information content (AvgIpc) is 3.20. The first-order valence-corrected chi connectivity index (χ1v) is 11.0. The first-order chi connectivity index (χ1) is 13.9. The van der Waals surface area contributed by atoms with Crippen LogP contribution in [0.1, 0.15) is 30.1 Å². The summed E-state index contributed by atoms with van der Waals surface area (Å²) in [7, 11) is -3.56. The Morgan fingerprint density at radius 2 is 1.83 bits per heavy atom. The van der Waals surface area contributed by atoms with Gasteiger partial charge in [-0.3, -0.25) is 0 Å². The minimum atomic E-state index is -3.56. The maximum absolute atomic E-state index is 13.4. The molecule has 0 bridgehead atoms. The fourth-order valence-corrected chi connectivity index (χ4v) is 5.51. The summed E-state index contributed by atoms with van der Waals surface area (Å²) in [4.78, 5) is 8.46. The Morgan fingerprint density at radius 1 is 1.10 bits per heavy atom. The predicted octanol–water partition coefficient (Wildman–Crippen LogP) is 3.53. The Morgan fingerprint density at radius 3 is 2.55 bits per heavy atom. The minimum absolute atomic E-state index is 0.0726. The summed E-state index contributed by atoms with van der Waals surface area (Å²) in [5.74, 6) is -0.339. The fraction of sp³-hybridized carbons (Fsp3) is 0.238. The summed E-state index contributed by atoms with van der Waals surface area (Å²) in [6, 6.07) is 14.6. The molecule has 2 aromatic carbocycles. The quantitative estimate of drug-likeness (QED) is 0.692. The van der Waals surface area contributed by atoms with Gasteiger partial charge in [0.1, 0.15) is 5.82 Å². The second-order valence-electron chi connectivity index (χ2n) is 7.04. The van der Waals surface area contributed by atoms with Crippen LogP contribution in [-0.2, 0) is 15.8 Å². The van der Waals surface area contributed by atoms with Crippen molar-refractivity contribution in [2.24, 2.45) is 0 Å². The van der Waals surface area contributed by atoms with Crippen LogP contribution in [0, 0.1) is 5.82 Å². The largest absolute Gasteiger partial charge is 0.368 e. The zero-order chi connectivity index (χ0) is 20.4. The lowest BCUT2D eigenvalue weighted by Gasteiger charge is -2.25. The minimum Gasteiger partial charge on any atom is -0.368 e. The number of sulfonamides is 1. The van der Waals surface area contributed by atoms with Crippen LogP contribution in [0.4, 0.5) is 10.3 Å². The molecule has 1 atom stereocenters. The van der Waals surface area contributed by atoms with E-state index in [0.29, 0.717) is 29.8 Å². The smallest absolute Gasteiger partial charge is 0.220 e. The second kappa shape index (κ2) is 7.88. The van der Waals surface area contributed by atoms with Gasteiger partial charge in [0.25, 0.3) is 0 Å². The van der Waals surface area contributed by atoms with Crippen LogP contribution in [0.3, 0.4) is 0 Å². The van der Waals surface area contributed by atoms with E-state index in [9.17, 15) is 12.8 Å². The van der Waals surface area contributed by atoms with Crippen LogP contribution < -0.4 is 5.73 Å². The molecule has 0 spiro atoms. The standard InChI is InChI=1S/C21H21FN4O2S/c22-17-10-8-16(9-11-17)18-13-24-21(23)25-20(18)19-7-4-12-26(19)29(27,28)14-15-5-2-1-3-6-15/h1-3,5-6,8-11,13,19H,4,7,12,14H2,(H2,23,24,25)/t19-/m1/s1. The van der Waals surface area contributed by atoms with E-state index in [1.54, 1.807) is 30.5 Å². The lowest BCUT2D eigenvalue weighted by atomic mass is 10.0. The summed E-state index contributed by atoms with van der Waals surface area (Å²) >= 11 is 0. The number of hydrogen-bond acceptors (Lipinski definition) is 5. The normalized spacial score (nSPS) is 17.5. The van der Waals surface area contributed by atoms with Crippen LogP contribution in [-0.4, -0.2) is 29.2 Å². The predicted molar refractivity (Wildman–Crippen MR) is 110 cm³/mol. The van der Waals surface area contributed by atoms with Gasteiger partial charge in [0, 0.05) is 18.3 Å². The number of anilines is 1. The third-order valence-electron chi connectivity index (χ3n) is 5.06. The maximum Gasteiger partial charge on any atom is 0.220 e. The van der Waals surface area contributed by atoms with Gasteiger partial charge >= 0.3 is 0 Å². The highest BCUT2D eigenvalue weighted by atomic mass is 32.2. The van der Waals surface area contributed by atoms with Crippen molar-refractivity contribution in [1.29, 1.82) is 0 Å². The van der Waals surface area contributed by atoms with E-state index >= 15 is 0 Å². The molecule has 1 fully saturated rings. The Bertz CT molecular complexity index is 1110. The monoisotopic (exact) mass is 412 g/mol. The molecule has 29 heavy (non-hydrogen) atoms. The van der Waals surface area contributed by atoms with Gasteiger partial charge in [0.05, 0.1) is 17.5 Å². The molecule has 1 aromatic heterocycles. The van der Waals surface area contributed by atoms with Crippen molar-refractivity contribution in [2.75, 3.05) is 12.3 Å². The number of halogens is 1. The molecular formula is C21H21FN4O2S. The molecule has 0 unspecified atom stereocenters. The second-order valence-corrected chi connectivity index (χ2v) is 8.97. The highest BCUT2D eigenvalue weighted by Crippen LogP contribution is 2.39. The first-order valence-electron chi connectivity index (χ1n) is 9.36. The summed E-state index contributed by atoms with van der Waals surface area (Å²) in [5, 5.41) is 0. The third kappa shape index (κ3) is 4.13. The molecule has 0 radical (unpaired) electrons. The molecule has 2 N–H and O–H groups in total. The van der Waals surface area contributed by atoms with Crippen LogP contribution in [0.15, 0.2) is 60.8 Å². The lowest BCUT2D eigenvalue weighted by Crippen LogP contribution is -2.32. The number of benzene rings is 2. The van der Waals surface area contributed by atoms with Crippen molar-refractivity contribution < 1.29 is 12.8 Å². The molecule has 1 aliphatic heterocycles. The molecule has 3 aromatic rings. The van der Waals surface area contributed by atoms with Gasteiger partial charge in [-0.15, -0.1) is 0 Å². The first kappa shape index (κ1) is 19.5. The number of rotatable bonds is 5. The molecule has 0 saturated carbocycles. The highest BCUT2D eigenvalue weighted by Gasteiger charge is 2.37. The average molecular weight is 412 g/mol. The molecule has 8 heteroatoms. The van der Waals surface area contributed by atoms with Crippen molar-refractivity contribution in [3.63, 3.8) is 0 Å². The Labute approximate surface area is 169 Å². The SMILES string of the molecule is Nc1ncc(-c2ccc(F)cc2)c([C@H]2CCCN2S(=O)(=O)Cc2ccccc2)n1. The maximum atomic E-state index is 13.4. The lowest BCUT2D eigenvalue weighted by molar-refractivity contribution is 0.390. The van der Waals surface area contributed by atoms with Crippen LogP contribution in [0.25, 0.3) is 11.1 Å². The van der Waals surface area contributed by atoms with Gasteiger partial charge in [-0.2, -0.15) is 4.31 Å². The van der Waals surface area contributed by atoms with E-state index < -0.39 is 16.1 Å². The summed E-state index contributed by atoms with van der Waals surface area (Å²) in [6.07, 6.45) is 2.94. The van der Waals surface area contributed by atoms with Gasteiger partial charge in [-0.1, -0.05) is 42.5 Å². The van der Waals surface area contributed by atoms with Gasteiger partial charge in [-0.05, 0) is 36.1 Å². The van der Waals surface area contributed by atoms with Crippen LogP contribution >= 0.6 is 0 Å². The number of aromatic nitrogens is 2. The summed E-state index contributed by atoms with van der Waals surface area (Å²) in [6.45, 7) is 0.423. The Kier molecular flexibility index (Phi) is 5.29. The Balaban J connectivity index is 1.72. The van der Waals surface area contributed by atoms with E-state index in [1.807, 2.05) is 18.2 Å². The van der Waals surface area contributed by atoms with Gasteiger partial charge < -0.3 is 5.73 Å². The number of hydrogen-bond donors (Lipinski definition) is 1. The molecule has 0 aliphatic carbocycles. The number of nitrogen functional groups attached to an aromatic ring is 1. The van der Waals surface area contributed by atoms with E-state index in [0.717, 1.165) is 12.0 Å². The molecule has 4 rings (SSSR count). The van der Waals surface area contributed by atoms with E-state index in [-0.39, 0.29) is 17.5 Å². The molecule has 150 valence electrons. The van der Waals surface area contributed by atoms with Crippen molar-refractivity contribution in [2.45, 2.75) is 24.6 Å². The zero-order valence-electron chi connectivity index (χ0n) is 15.7. The van der Waals surface area contributed by atoms with Gasteiger partial charge in [0.2, 0.25) is 16.0 Å². The topological polar surface area (TPSA) is 89.2 Å². The van der Waals surface area contributed by atoms with Crippen molar-refractivity contribution >= 4 is 16.0 Å². The molecule has 1 saturated heterocycles. The molecule has 2 heterocycles. The van der Waals surface area contributed by atoms with Gasteiger partial charge in [-0.25, -0.2) is 22.8 Å². The van der Waals surface area contributed by atoms with Crippen molar-refractivity contribution in [3.05, 3.63) is 77.9 Å². The molecule has 1 aliphatic rings. The van der Waals surface area contributed by atoms with E-state index in [4.69, 9.17) is 5.73 Å². The van der Waals surface area contributed by atoms with Crippen molar-refractivity contribution in [1.82, 2.24) is 14.3 Å². The molecule has 0 amide bonds. The van der Waals surface area contributed by atoms with Crippen LogP contribution in [0.5, 0.6) is 0 Å². The third-order valence-corrected chi connectivity index (χ3v) is 6.91. The molecular weight excluding hydrogens is 391 g/mol. The Hall–Kier alpha value is -2.84. The highest BCUT2D eigenvalue weighted by molar-refractivity contribution is 7.88. The summed E-state index contributed by atoms with van der Waals surface area (Å²) < 4.78 is 41.2. The van der Waals surface area contributed by atoms with E-state index in [2.05, 4.69) is 9.97 Å². The zero-order valence-corrected chi connectivity index (χ0v) is 16.5. The van der Waals surface area contributed by atoms with Crippen LogP contribution in [0.2, 0.25) is 0 Å². The molecule has 6 nitrogen and oxygen atoms in total. The number of nitrogens with zero attached hydrogens (tertiary/aromatic N) is 3.